The van der Waals surface area contributed by atoms with Crippen molar-refractivity contribution >= 4 is 17.5 Å². The number of benzene rings is 2. The SMILES string of the molecule is CNC(=O)CCc1ccc(NC(=O)COc2ccccc2C(C)(C)C)cc1. The summed E-state index contributed by atoms with van der Waals surface area (Å²) in [5.41, 5.74) is 2.76. The lowest BCUT2D eigenvalue weighted by Gasteiger charge is -2.22. The Hall–Kier alpha value is -2.82. The van der Waals surface area contributed by atoms with Crippen LogP contribution >= 0.6 is 0 Å². The lowest BCUT2D eigenvalue weighted by atomic mass is 9.86. The number of anilines is 1. The van der Waals surface area contributed by atoms with Gasteiger partial charge in [0.2, 0.25) is 5.91 Å². The van der Waals surface area contributed by atoms with E-state index in [1.165, 1.54) is 0 Å². The van der Waals surface area contributed by atoms with Gasteiger partial charge in [0.25, 0.3) is 5.91 Å². The van der Waals surface area contributed by atoms with Gasteiger partial charge < -0.3 is 15.4 Å². The van der Waals surface area contributed by atoms with Crippen LogP contribution in [0.4, 0.5) is 5.69 Å². The minimum Gasteiger partial charge on any atom is -0.483 e. The van der Waals surface area contributed by atoms with E-state index in [4.69, 9.17) is 4.74 Å². The van der Waals surface area contributed by atoms with Crippen molar-refractivity contribution in [3.63, 3.8) is 0 Å². The zero-order chi connectivity index (χ0) is 19.9. The maximum atomic E-state index is 12.2. The summed E-state index contributed by atoms with van der Waals surface area (Å²) < 4.78 is 5.74. The highest BCUT2D eigenvalue weighted by Crippen LogP contribution is 2.30. The number of hydrogen-bond donors (Lipinski definition) is 2. The molecule has 144 valence electrons. The molecule has 0 saturated heterocycles. The number of carbonyl (C=O) groups is 2. The molecule has 2 aromatic carbocycles. The highest BCUT2D eigenvalue weighted by molar-refractivity contribution is 5.91. The molecule has 0 radical (unpaired) electrons. The molecule has 0 spiro atoms. The summed E-state index contributed by atoms with van der Waals surface area (Å²) in [6.45, 7) is 6.29. The van der Waals surface area contributed by atoms with Crippen molar-refractivity contribution in [3.8, 4) is 5.75 Å². The Morgan fingerprint density at radius 1 is 0.963 bits per heavy atom. The number of hydrogen-bond acceptors (Lipinski definition) is 3. The van der Waals surface area contributed by atoms with Crippen LogP contribution < -0.4 is 15.4 Å². The Balaban J connectivity index is 1.89. The fourth-order valence-corrected chi connectivity index (χ4v) is 2.69. The van der Waals surface area contributed by atoms with Gasteiger partial charge in [-0.15, -0.1) is 0 Å². The Kier molecular flexibility index (Phi) is 6.99. The van der Waals surface area contributed by atoms with Crippen molar-refractivity contribution in [1.29, 1.82) is 0 Å². The second-order valence-electron chi connectivity index (χ2n) is 7.45. The van der Waals surface area contributed by atoms with Gasteiger partial charge in [-0.1, -0.05) is 51.1 Å². The maximum absolute atomic E-state index is 12.2. The molecule has 0 aromatic heterocycles. The normalized spacial score (nSPS) is 11.0. The van der Waals surface area contributed by atoms with Crippen molar-refractivity contribution in [1.82, 2.24) is 5.32 Å². The van der Waals surface area contributed by atoms with Gasteiger partial charge in [0.1, 0.15) is 5.75 Å². The van der Waals surface area contributed by atoms with Crippen molar-refractivity contribution < 1.29 is 14.3 Å². The molecule has 0 aliphatic carbocycles. The Morgan fingerprint density at radius 3 is 2.26 bits per heavy atom. The van der Waals surface area contributed by atoms with Gasteiger partial charge in [0.05, 0.1) is 0 Å². The second-order valence-corrected chi connectivity index (χ2v) is 7.45. The van der Waals surface area contributed by atoms with Crippen LogP contribution in [0.15, 0.2) is 48.5 Å². The molecule has 2 N–H and O–H groups in total. The van der Waals surface area contributed by atoms with E-state index in [-0.39, 0.29) is 23.8 Å². The molecule has 2 aromatic rings. The Bertz CT molecular complexity index is 777. The zero-order valence-corrected chi connectivity index (χ0v) is 16.5. The number of amides is 2. The molecular weight excluding hydrogens is 340 g/mol. The first kappa shape index (κ1) is 20.5. The molecule has 2 rings (SSSR count). The summed E-state index contributed by atoms with van der Waals surface area (Å²) >= 11 is 0. The minimum atomic E-state index is -0.211. The van der Waals surface area contributed by atoms with Gasteiger partial charge in [-0.2, -0.15) is 0 Å². The topological polar surface area (TPSA) is 67.4 Å². The average molecular weight is 368 g/mol. The van der Waals surface area contributed by atoms with E-state index >= 15 is 0 Å². The molecule has 0 unspecified atom stereocenters. The molecule has 27 heavy (non-hydrogen) atoms. The van der Waals surface area contributed by atoms with Crippen molar-refractivity contribution in [2.24, 2.45) is 0 Å². The molecule has 0 atom stereocenters. The summed E-state index contributed by atoms with van der Waals surface area (Å²) in [5.74, 6) is 0.529. The third-order valence-corrected chi connectivity index (χ3v) is 4.21. The van der Waals surface area contributed by atoms with E-state index < -0.39 is 0 Å². The van der Waals surface area contributed by atoms with Crippen molar-refractivity contribution in [2.75, 3.05) is 19.0 Å². The van der Waals surface area contributed by atoms with Crippen LogP contribution in [-0.4, -0.2) is 25.5 Å². The number of nitrogens with one attached hydrogen (secondary N) is 2. The number of carbonyl (C=O) groups excluding carboxylic acids is 2. The highest BCUT2D eigenvalue weighted by atomic mass is 16.5. The standard InChI is InChI=1S/C22H28N2O3/c1-22(2,3)18-7-5-6-8-19(18)27-15-21(26)24-17-12-9-16(10-13-17)11-14-20(25)23-4/h5-10,12-13H,11,14-15H2,1-4H3,(H,23,25)(H,24,26). The number of para-hydroxylation sites is 1. The van der Waals surface area contributed by atoms with Crippen LogP contribution in [0.3, 0.4) is 0 Å². The highest BCUT2D eigenvalue weighted by Gasteiger charge is 2.18. The maximum Gasteiger partial charge on any atom is 0.262 e. The largest absolute Gasteiger partial charge is 0.483 e. The molecule has 5 heteroatoms. The zero-order valence-electron chi connectivity index (χ0n) is 16.5. The fraction of sp³-hybridized carbons (Fsp3) is 0.364. The predicted molar refractivity (Wildman–Crippen MR) is 108 cm³/mol. The van der Waals surface area contributed by atoms with Crippen LogP contribution in [0.25, 0.3) is 0 Å². The van der Waals surface area contributed by atoms with E-state index in [0.717, 1.165) is 16.9 Å². The molecule has 0 saturated carbocycles. The van der Waals surface area contributed by atoms with Gasteiger partial charge in [-0.05, 0) is 41.2 Å². The summed E-state index contributed by atoms with van der Waals surface area (Å²) in [7, 11) is 1.63. The lowest BCUT2D eigenvalue weighted by Crippen LogP contribution is -2.22. The lowest BCUT2D eigenvalue weighted by molar-refractivity contribution is -0.120. The molecule has 0 bridgehead atoms. The first-order valence-electron chi connectivity index (χ1n) is 9.11. The van der Waals surface area contributed by atoms with E-state index in [1.807, 2.05) is 48.5 Å². The molecule has 0 fully saturated rings. The van der Waals surface area contributed by atoms with Crippen LogP contribution in [0.1, 0.15) is 38.3 Å². The monoisotopic (exact) mass is 368 g/mol. The number of aryl methyl sites for hydroxylation is 1. The summed E-state index contributed by atoms with van der Waals surface area (Å²) in [6, 6.07) is 15.3. The van der Waals surface area contributed by atoms with Crippen molar-refractivity contribution in [3.05, 3.63) is 59.7 Å². The quantitative estimate of drug-likeness (QED) is 0.783. The first-order valence-corrected chi connectivity index (χ1v) is 9.11. The average Bonchev–Trinajstić information content (AvgIpc) is 2.65. The third-order valence-electron chi connectivity index (χ3n) is 4.21. The molecule has 5 nitrogen and oxygen atoms in total. The molecular formula is C22H28N2O3. The van der Waals surface area contributed by atoms with Crippen LogP contribution in [-0.2, 0) is 21.4 Å². The molecule has 0 aliphatic heterocycles. The van der Waals surface area contributed by atoms with Crippen LogP contribution in [0, 0.1) is 0 Å². The van der Waals surface area contributed by atoms with Gasteiger partial charge in [-0.3, -0.25) is 9.59 Å². The summed E-state index contributed by atoms with van der Waals surface area (Å²) in [5, 5.41) is 5.43. The van der Waals surface area contributed by atoms with Gasteiger partial charge in [0.15, 0.2) is 6.61 Å². The predicted octanol–water partition coefficient (Wildman–Crippen LogP) is 3.68. The van der Waals surface area contributed by atoms with E-state index in [2.05, 4.69) is 31.4 Å². The summed E-state index contributed by atoms with van der Waals surface area (Å²) in [6.07, 6.45) is 1.11. The number of rotatable bonds is 7. The van der Waals surface area contributed by atoms with Crippen LogP contribution in [0.5, 0.6) is 5.75 Å². The van der Waals surface area contributed by atoms with Gasteiger partial charge >= 0.3 is 0 Å². The first-order chi connectivity index (χ1) is 12.8. The van der Waals surface area contributed by atoms with E-state index in [0.29, 0.717) is 18.5 Å². The Morgan fingerprint density at radius 2 is 1.63 bits per heavy atom. The fourth-order valence-electron chi connectivity index (χ4n) is 2.69. The van der Waals surface area contributed by atoms with Crippen molar-refractivity contribution in [2.45, 2.75) is 39.0 Å². The molecule has 0 aliphatic rings. The molecule has 2 amide bonds. The summed E-state index contributed by atoms with van der Waals surface area (Å²) in [4.78, 5) is 23.5. The smallest absolute Gasteiger partial charge is 0.262 e. The van der Waals surface area contributed by atoms with Gasteiger partial charge in [-0.25, -0.2) is 0 Å². The van der Waals surface area contributed by atoms with Crippen LogP contribution in [0.2, 0.25) is 0 Å². The Labute approximate surface area is 161 Å². The third kappa shape index (κ3) is 6.44. The molecule has 0 heterocycles. The van der Waals surface area contributed by atoms with Gasteiger partial charge in [0, 0.05) is 19.2 Å². The minimum absolute atomic E-state index is 0.0140. The number of ether oxygens (including phenoxy) is 1. The van der Waals surface area contributed by atoms with E-state index in [1.54, 1.807) is 7.05 Å². The second kappa shape index (κ2) is 9.21. The van der Waals surface area contributed by atoms with E-state index in [9.17, 15) is 9.59 Å².